The zero-order valence-electron chi connectivity index (χ0n) is 22.0. The maximum absolute atomic E-state index is 12.6. The van der Waals surface area contributed by atoms with E-state index in [0.717, 1.165) is 44.9 Å². The average Bonchev–Trinajstić information content (AvgIpc) is 3.15. The smallest absolute Gasteiger partial charge is 0.266 e. The second-order valence-electron chi connectivity index (χ2n) is 13.0. The molecule has 202 valence electrons. The summed E-state index contributed by atoms with van der Waals surface area (Å²) in [6.07, 6.45) is 8.98. The zero-order chi connectivity index (χ0) is 25.8. The van der Waals surface area contributed by atoms with E-state index < -0.39 is 15.9 Å². The van der Waals surface area contributed by atoms with Crippen molar-refractivity contribution in [3.8, 4) is 0 Å². The van der Waals surface area contributed by atoms with E-state index in [1.165, 1.54) is 17.7 Å². The van der Waals surface area contributed by atoms with Crippen molar-refractivity contribution < 1.29 is 28.0 Å². The van der Waals surface area contributed by atoms with Crippen LogP contribution in [0.4, 0.5) is 0 Å². The zero-order valence-corrected chi connectivity index (χ0v) is 22.8. The predicted molar refractivity (Wildman–Crippen MR) is 135 cm³/mol. The van der Waals surface area contributed by atoms with Gasteiger partial charge in [-0.15, -0.1) is 0 Å². The molecule has 0 aromatic carbocycles. The number of aliphatic hydroxyl groups is 2. The van der Waals surface area contributed by atoms with Crippen molar-refractivity contribution in [1.29, 1.82) is 0 Å². The molecule has 4 rings (SSSR count). The van der Waals surface area contributed by atoms with Crippen molar-refractivity contribution in [3.05, 3.63) is 0 Å². The molecular formula is C27H47NO6S. The predicted octanol–water partition coefficient (Wildman–Crippen LogP) is 3.74. The summed E-state index contributed by atoms with van der Waals surface area (Å²) in [7, 11) is -2.50. The number of rotatable bonds is 7. The summed E-state index contributed by atoms with van der Waals surface area (Å²) >= 11 is 0. The number of aliphatic hydroxyl groups excluding tert-OH is 2. The van der Waals surface area contributed by atoms with Crippen molar-refractivity contribution in [1.82, 2.24) is 4.90 Å². The number of carbonyl (C=O) groups excluding carboxylic acids is 1. The monoisotopic (exact) mass is 513 g/mol. The molecule has 3 N–H and O–H groups in total. The summed E-state index contributed by atoms with van der Waals surface area (Å²) in [6, 6.07) is 0. The van der Waals surface area contributed by atoms with E-state index >= 15 is 0 Å². The van der Waals surface area contributed by atoms with Crippen molar-refractivity contribution >= 4 is 16.0 Å². The standard InChI is InChI=1S/C27H47NO6S/c1-17(5-10-25(31)28(4)13-14-35(32,33)34)21-8-9-22-20-7-6-18-15-19(29)11-12-26(18,2)23(20)16-24(30)27(21,22)3/h17-24,29-30H,5-16H2,1-4H3,(H,32,33,34)/t17-,18?,19-,20?,21-,22?,23?,24+,26+,27-/m1/s1. The third kappa shape index (κ3) is 5.06. The Morgan fingerprint density at radius 1 is 1.06 bits per heavy atom. The van der Waals surface area contributed by atoms with Crippen LogP contribution in [0.15, 0.2) is 0 Å². The summed E-state index contributed by atoms with van der Waals surface area (Å²) in [4.78, 5) is 14.0. The van der Waals surface area contributed by atoms with Crippen LogP contribution >= 0.6 is 0 Å². The van der Waals surface area contributed by atoms with Gasteiger partial charge in [-0.05, 0) is 104 Å². The minimum absolute atomic E-state index is 0.00611. The number of hydrogen-bond donors (Lipinski definition) is 3. The van der Waals surface area contributed by atoms with Crippen LogP contribution in [0.25, 0.3) is 0 Å². The van der Waals surface area contributed by atoms with E-state index in [9.17, 15) is 23.4 Å². The molecule has 8 heteroatoms. The number of amides is 1. The Hall–Kier alpha value is -0.700. The Morgan fingerprint density at radius 3 is 2.46 bits per heavy atom. The van der Waals surface area contributed by atoms with E-state index in [4.69, 9.17) is 4.55 Å². The van der Waals surface area contributed by atoms with E-state index in [-0.39, 0.29) is 35.5 Å². The normalized spacial score (nSPS) is 44.1. The van der Waals surface area contributed by atoms with Gasteiger partial charge in [0.1, 0.15) is 0 Å². The number of hydrogen-bond acceptors (Lipinski definition) is 5. The van der Waals surface area contributed by atoms with Crippen LogP contribution in [-0.4, -0.2) is 65.5 Å². The molecule has 10 atom stereocenters. The van der Waals surface area contributed by atoms with E-state index in [1.54, 1.807) is 7.05 Å². The molecule has 4 unspecified atom stereocenters. The molecule has 35 heavy (non-hydrogen) atoms. The first-order valence-corrected chi connectivity index (χ1v) is 15.4. The van der Waals surface area contributed by atoms with E-state index in [1.807, 2.05) is 0 Å². The largest absolute Gasteiger partial charge is 0.393 e. The fourth-order valence-electron chi connectivity index (χ4n) is 9.28. The van der Waals surface area contributed by atoms with Crippen LogP contribution in [-0.2, 0) is 14.9 Å². The number of fused-ring (bicyclic) bond motifs is 5. The molecule has 0 aromatic heterocycles. The molecule has 0 aliphatic heterocycles. The topological polar surface area (TPSA) is 115 Å². The first-order valence-electron chi connectivity index (χ1n) is 13.8. The molecule has 0 aromatic rings. The first-order chi connectivity index (χ1) is 16.3. The van der Waals surface area contributed by atoms with Crippen molar-refractivity contribution in [3.63, 3.8) is 0 Å². The van der Waals surface area contributed by atoms with Crippen LogP contribution < -0.4 is 0 Å². The molecule has 4 fully saturated rings. The third-order valence-electron chi connectivity index (χ3n) is 11.4. The first kappa shape index (κ1) is 27.3. The molecule has 7 nitrogen and oxygen atoms in total. The van der Waals surface area contributed by atoms with Crippen molar-refractivity contribution in [2.45, 2.75) is 97.2 Å². The third-order valence-corrected chi connectivity index (χ3v) is 12.1. The molecule has 0 bridgehead atoms. The van der Waals surface area contributed by atoms with Gasteiger partial charge >= 0.3 is 0 Å². The molecular weight excluding hydrogens is 466 g/mol. The Balaban J connectivity index is 1.41. The lowest BCUT2D eigenvalue weighted by molar-refractivity contribution is -0.175. The fraction of sp³-hybridized carbons (Fsp3) is 0.963. The molecule has 0 radical (unpaired) electrons. The van der Waals surface area contributed by atoms with E-state index in [2.05, 4.69) is 20.8 Å². The van der Waals surface area contributed by atoms with Crippen LogP contribution in [0.5, 0.6) is 0 Å². The van der Waals surface area contributed by atoms with Crippen LogP contribution in [0, 0.1) is 46.3 Å². The van der Waals surface area contributed by atoms with Gasteiger partial charge in [0.25, 0.3) is 10.1 Å². The lowest BCUT2D eigenvalue weighted by atomic mass is 9.43. The lowest BCUT2D eigenvalue weighted by Crippen LogP contribution is -2.58. The van der Waals surface area contributed by atoms with Crippen molar-refractivity contribution in [2.24, 2.45) is 46.3 Å². The minimum Gasteiger partial charge on any atom is -0.393 e. The van der Waals surface area contributed by atoms with E-state index in [0.29, 0.717) is 41.9 Å². The molecule has 4 saturated carbocycles. The quantitative estimate of drug-likeness (QED) is 0.447. The van der Waals surface area contributed by atoms with Gasteiger partial charge < -0.3 is 15.1 Å². The number of nitrogens with zero attached hydrogens (tertiary/aromatic N) is 1. The van der Waals surface area contributed by atoms with Crippen molar-refractivity contribution in [2.75, 3.05) is 19.3 Å². The Kier molecular flexibility index (Phi) is 7.72. The van der Waals surface area contributed by atoms with Crippen LogP contribution in [0.2, 0.25) is 0 Å². The Morgan fingerprint density at radius 2 is 1.77 bits per heavy atom. The van der Waals surface area contributed by atoms with Gasteiger partial charge in [0.2, 0.25) is 5.91 Å². The van der Waals surface area contributed by atoms with Gasteiger partial charge in [-0.1, -0.05) is 20.8 Å². The maximum Gasteiger partial charge on any atom is 0.266 e. The fourth-order valence-corrected chi connectivity index (χ4v) is 9.78. The summed E-state index contributed by atoms with van der Waals surface area (Å²) in [5, 5.41) is 21.9. The van der Waals surface area contributed by atoms with Crippen LogP contribution in [0.1, 0.15) is 85.0 Å². The number of carbonyl (C=O) groups is 1. The molecule has 4 aliphatic carbocycles. The summed E-state index contributed by atoms with van der Waals surface area (Å²) < 4.78 is 30.9. The Labute approximate surface area is 211 Å². The SMILES string of the molecule is C[C@H](CCC(=O)N(C)CCS(=O)(=O)O)[C@H]1CCC2C3CCC4C[C@H](O)CC[C@]4(C)C3C[C@H](O)[C@@]21C. The maximum atomic E-state index is 12.6. The molecule has 4 aliphatic rings. The lowest BCUT2D eigenvalue weighted by Gasteiger charge is -2.62. The van der Waals surface area contributed by atoms with Gasteiger partial charge in [0, 0.05) is 20.0 Å². The molecule has 1 amide bonds. The van der Waals surface area contributed by atoms with Gasteiger partial charge in [0.15, 0.2) is 0 Å². The highest BCUT2D eigenvalue weighted by atomic mass is 32.2. The van der Waals surface area contributed by atoms with Gasteiger partial charge in [-0.25, -0.2) is 0 Å². The van der Waals surface area contributed by atoms with Gasteiger partial charge in [0.05, 0.1) is 18.0 Å². The Bertz CT molecular complexity index is 894. The van der Waals surface area contributed by atoms with Crippen LogP contribution in [0.3, 0.4) is 0 Å². The summed E-state index contributed by atoms with van der Waals surface area (Å²) in [5.41, 5.74) is 0.102. The molecule has 0 saturated heterocycles. The minimum atomic E-state index is -4.08. The summed E-state index contributed by atoms with van der Waals surface area (Å²) in [6.45, 7) is 6.96. The highest BCUT2D eigenvalue weighted by molar-refractivity contribution is 7.85. The highest BCUT2D eigenvalue weighted by Gasteiger charge is 2.63. The molecule has 0 heterocycles. The second-order valence-corrected chi connectivity index (χ2v) is 14.6. The summed E-state index contributed by atoms with van der Waals surface area (Å²) in [5.74, 6) is 2.39. The highest BCUT2D eigenvalue weighted by Crippen LogP contribution is 2.68. The van der Waals surface area contributed by atoms with Gasteiger partial charge in [-0.2, -0.15) is 8.42 Å². The van der Waals surface area contributed by atoms with Gasteiger partial charge in [-0.3, -0.25) is 9.35 Å². The molecule has 0 spiro atoms. The average molecular weight is 514 g/mol. The second kappa shape index (κ2) is 9.88.